The molecule has 0 aliphatic carbocycles. The van der Waals surface area contributed by atoms with E-state index in [0.717, 1.165) is 12.8 Å². The summed E-state index contributed by atoms with van der Waals surface area (Å²) in [5.41, 5.74) is 5.14. The number of anilines is 1. The highest BCUT2D eigenvalue weighted by Crippen LogP contribution is 2.00. The molecule has 0 aliphatic heterocycles. The maximum Gasteiger partial charge on any atom is 0.331 e. The van der Waals surface area contributed by atoms with Crippen LogP contribution < -0.4 is 17.0 Å². The Labute approximate surface area is 101 Å². The molecule has 5 heteroatoms. The highest BCUT2D eigenvalue weighted by molar-refractivity contribution is 5.30. The monoisotopic (exact) mass is 239 g/mol. The molecule has 2 N–H and O–H groups in total. The summed E-state index contributed by atoms with van der Waals surface area (Å²) in [5.74, 6) is 0.447. The number of hydrogen-bond acceptors (Lipinski definition) is 3. The molecule has 0 unspecified atom stereocenters. The molecule has 0 aromatic carbocycles. The van der Waals surface area contributed by atoms with Crippen LogP contribution in [-0.4, -0.2) is 9.13 Å². The van der Waals surface area contributed by atoms with Crippen LogP contribution >= 0.6 is 0 Å². The Morgan fingerprint density at radius 1 is 1.29 bits per heavy atom. The third-order valence-electron chi connectivity index (χ3n) is 2.66. The highest BCUT2D eigenvalue weighted by Gasteiger charge is 2.09. The van der Waals surface area contributed by atoms with Gasteiger partial charge in [0.1, 0.15) is 5.69 Å². The second kappa shape index (κ2) is 5.70. The fourth-order valence-electron chi connectivity index (χ4n) is 1.66. The van der Waals surface area contributed by atoms with Gasteiger partial charge in [0.25, 0.3) is 5.56 Å². The molecule has 1 aromatic heterocycles. The van der Waals surface area contributed by atoms with Gasteiger partial charge >= 0.3 is 5.69 Å². The molecule has 0 saturated carbocycles. The molecular formula is C12H21N3O2. The molecular weight excluding hydrogens is 218 g/mol. The van der Waals surface area contributed by atoms with Gasteiger partial charge in [0.05, 0.1) is 0 Å². The minimum absolute atomic E-state index is 0.141. The Bertz CT molecular complexity index is 486. The Balaban J connectivity index is 3.18. The Morgan fingerprint density at radius 2 is 1.94 bits per heavy atom. The van der Waals surface area contributed by atoms with Crippen LogP contribution in [-0.2, 0) is 13.1 Å². The molecule has 96 valence electrons. The summed E-state index contributed by atoms with van der Waals surface area (Å²) in [4.78, 5) is 23.8. The summed E-state index contributed by atoms with van der Waals surface area (Å²) in [6, 6.07) is 0. The quantitative estimate of drug-likeness (QED) is 0.835. The molecule has 0 atom stereocenters. The van der Waals surface area contributed by atoms with Gasteiger partial charge in [-0.15, -0.1) is 0 Å². The van der Waals surface area contributed by atoms with Crippen molar-refractivity contribution in [1.29, 1.82) is 0 Å². The van der Waals surface area contributed by atoms with Gasteiger partial charge in [0, 0.05) is 19.3 Å². The summed E-state index contributed by atoms with van der Waals surface area (Å²) in [6.45, 7) is 7.12. The van der Waals surface area contributed by atoms with Crippen molar-refractivity contribution in [2.45, 2.75) is 46.7 Å². The normalized spacial score (nSPS) is 11.1. The molecule has 1 rings (SSSR count). The van der Waals surface area contributed by atoms with Crippen molar-refractivity contribution in [3.63, 3.8) is 0 Å². The standard InChI is InChI=1S/C12H21N3O2/c1-4-6-14-8-10(13)11(16)15(12(14)17)7-5-9(2)3/h8-9H,4-7,13H2,1-3H3. The molecule has 0 amide bonds. The van der Waals surface area contributed by atoms with Crippen LogP contribution in [0, 0.1) is 5.92 Å². The van der Waals surface area contributed by atoms with Crippen molar-refractivity contribution in [3.05, 3.63) is 27.0 Å². The lowest BCUT2D eigenvalue weighted by Gasteiger charge is -2.11. The van der Waals surface area contributed by atoms with Gasteiger partial charge in [-0.2, -0.15) is 0 Å². The summed E-state index contributed by atoms with van der Waals surface area (Å²) in [6.07, 6.45) is 3.08. The average molecular weight is 239 g/mol. The number of nitrogens with two attached hydrogens (primary N) is 1. The van der Waals surface area contributed by atoms with Gasteiger partial charge in [-0.1, -0.05) is 20.8 Å². The van der Waals surface area contributed by atoms with E-state index in [0.29, 0.717) is 19.0 Å². The zero-order chi connectivity index (χ0) is 13.0. The lowest BCUT2D eigenvalue weighted by molar-refractivity contribution is 0.474. The van der Waals surface area contributed by atoms with Crippen LogP contribution in [0.4, 0.5) is 5.69 Å². The van der Waals surface area contributed by atoms with E-state index in [9.17, 15) is 9.59 Å². The van der Waals surface area contributed by atoms with Gasteiger partial charge in [-0.3, -0.25) is 13.9 Å². The van der Waals surface area contributed by atoms with Crippen molar-refractivity contribution in [1.82, 2.24) is 9.13 Å². The van der Waals surface area contributed by atoms with Gasteiger partial charge < -0.3 is 5.73 Å². The minimum Gasteiger partial charge on any atom is -0.393 e. The van der Waals surface area contributed by atoms with Gasteiger partial charge in [0.15, 0.2) is 0 Å². The third-order valence-corrected chi connectivity index (χ3v) is 2.66. The number of hydrogen-bond donors (Lipinski definition) is 1. The average Bonchev–Trinajstić information content (AvgIpc) is 2.26. The fraction of sp³-hybridized carbons (Fsp3) is 0.667. The Morgan fingerprint density at radius 3 is 2.47 bits per heavy atom. The molecule has 0 fully saturated rings. The van der Waals surface area contributed by atoms with Crippen molar-refractivity contribution < 1.29 is 0 Å². The molecule has 5 nitrogen and oxygen atoms in total. The van der Waals surface area contributed by atoms with E-state index in [1.54, 1.807) is 0 Å². The van der Waals surface area contributed by atoms with E-state index < -0.39 is 0 Å². The van der Waals surface area contributed by atoms with Gasteiger partial charge in [0.2, 0.25) is 0 Å². The molecule has 1 aromatic rings. The SMILES string of the molecule is CCCn1cc(N)c(=O)n(CCC(C)C)c1=O. The number of rotatable bonds is 5. The van der Waals surface area contributed by atoms with Crippen molar-refractivity contribution in [2.24, 2.45) is 5.92 Å². The molecule has 0 bridgehead atoms. The molecule has 0 spiro atoms. The van der Waals surface area contributed by atoms with E-state index in [1.807, 2.05) is 6.92 Å². The Hall–Kier alpha value is -1.52. The first-order chi connectivity index (χ1) is 7.97. The van der Waals surface area contributed by atoms with Gasteiger partial charge in [-0.25, -0.2) is 4.79 Å². The molecule has 1 heterocycles. The largest absolute Gasteiger partial charge is 0.393 e. The van der Waals surface area contributed by atoms with Crippen LogP contribution in [0.1, 0.15) is 33.6 Å². The van der Waals surface area contributed by atoms with Gasteiger partial charge in [-0.05, 0) is 18.8 Å². The van der Waals surface area contributed by atoms with E-state index in [-0.39, 0.29) is 16.9 Å². The first-order valence-corrected chi connectivity index (χ1v) is 6.07. The van der Waals surface area contributed by atoms with Crippen LogP contribution in [0.25, 0.3) is 0 Å². The highest BCUT2D eigenvalue weighted by atomic mass is 16.2. The molecule has 0 saturated heterocycles. The topological polar surface area (TPSA) is 70.0 Å². The maximum absolute atomic E-state index is 12.0. The summed E-state index contributed by atoms with van der Waals surface area (Å²) in [7, 11) is 0. The van der Waals surface area contributed by atoms with E-state index >= 15 is 0 Å². The van der Waals surface area contributed by atoms with Crippen LogP contribution in [0.2, 0.25) is 0 Å². The van der Waals surface area contributed by atoms with Crippen LogP contribution in [0.5, 0.6) is 0 Å². The summed E-state index contributed by atoms with van der Waals surface area (Å²) >= 11 is 0. The lowest BCUT2D eigenvalue weighted by atomic mass is 10.1. The van der Waals surface area contributed by atoms with Crippen molar-refractivity contribution in [2.75, 3.05) is 5.73 Å². The lowest BCUT2D eigenvalue weighted by Crippen LogP contribution is -2.40. The second-order valence-corrected chi connectivity index (χ2v) is 4.70. The van der Waals surface area contributed by atoms with E-state index in [2.05, 4.69) is 13.8 Å². The second-order valence-electron chi connectivity index (χ2n) is 4.70. The first kappa shape index (κ1) is 13.5. The molecule has 0 aliphatic rings. The fourth-order valence-corrected chi connectivity index (χ4v) is 1.66. The summed E-state index contributed by atoms with van der Waals surface area (Å²) < 4.78 is 2.75. The zero-order valence-corrected chi connectivity index (χ0v) is 10.8. The smallest absolute Gasteiger partial charge is 0.331 e. The Kier molecular flexibility index (Phi) is 4.54. The number of aromatic nitrogens is 2. The third kappa shape index (κ3) is 3.22. The first-order valence-electron chi connectivity index (χ1n) is 6.07. The number of aryl methyl sites for hydroxylation is 1. The van der Waals surface area contributed by atoms with Crippen LogP contribution in [0.3, 0.4) is 0 Å². The van der Waals surface area contributed by atoms with E-state index in [1.165, 1.54) is 15.3 Å². The molecule has 17 heavy (non-hydrogen) atoms. The van der Waals surface area contributed by atoms with Crippen LogP contribution in [0.15, 0.2) is 15.8 Å². The predicted molar refractivity (Wildman–Crippen MR) is 69.1 cm³/mol. The molecule has 0 radical (unpaired) electrons. The van der Waals surface area contributed by atoms with E-state index in [4.69, 9.17) is 5.73 Å². The maximum atomic E-state index is 12.0. The van der Waals surface area contributed by atoms with Crippen molar-refractivity contribution >= 4 is 5.69 Å². The summed E-state index contributed by atoms with van der Waals surface area (Å²) in [5, 5.41) is 0. The number of nitrogen functional groups attached to an aromatic ring is 1. The minimum atomic E-state index is -0.372. The number of nitrogens with zero attached hydrogens (tertiary/aromatic N) is 2. The zero-order valence-electron chi connectivity index (χ0n) is 10.8. The van der Waals surface area contributed by atoms with Crippen molar-refractivity contribution in [3.8, 4) is 0 Å². The predicted octanol–water partition coefficient (Wildman–Crippen LogP) is 1.05.